The molecule has 4 nitrogen and oxygen atoms in total. The summed E-state index contributed by atoms with van der Waals surface area (Å²) in [4.78, 5) is 18.2. The van der Waals surface area contributed by atoms with Crippen LogP contribution in [0, 0.1) is 13.8 Å². The van der Waals surface area contributed by atoms with Gasteiger partial charge in [-0.3, -0.25) is 4.79 Å². The van der Waals surface area contributed by atoms with Gasteiger partial charge in [-0.05, 0) is 57.5 Å². The number of likely N-dealkylation sites (N-methyl/N-ethyl adjacent to an activating group) is 1. The Balaban J connectivity index is 1.92. The highest BCUT2D eigenvalue weighted by Gasteiger charge is 2.28. The van der Waals surface area contributed by atoms with Crippen molar-refractivity contribution in [2.24, 2.45) is 0 Å². The summed E-state index contributed by atoms with van der Waals surface area (Å²) in [7, 11) is 1.94. The fraction of sp³-hybridized carbons (Fsp3) is 0.471. The van der Waals surface area contributed by atoms with Crippen molar-refractivity contribution >= 4 is 16.8 Å². The molecule has 2 aromatic rings. The number of likely N-dealkylation sites (tertiary alicyclic amines) is 1. The summed E-state index contributed by atoms with van der Waals surface area (Å²) in [6.45, 7) is 5.91. The highest BCUT2D eigenvalue weighted by Crippen LogP contribution is 2.25. The molecule has 0 spiro atoms. The number of fused-ring (bicyclic) bond motifs is 1. The molecule has 1 amide bonds. The molecule has 0 aliphatic carbocycles. The van der Waals surface area contributed by atoms with E-state index >= 15 is 0 Å². The first-order valence-electron chi connectivity index (χ1n) is 7.66. The second-order valence-corrected chi connectivity index (χ2v) is 5.99. The first kappa shape index (κ1) is 14.1. The molecule has 0 saturated carbocycles. The second-order valence-electron chi connectivity index (χ2n) is 5.99. The van der Waals surface area contributed by atoms with E-state index in [-0.39, 0.29) is 5.91 Å². The molecule has 1 aliphatic heterocycles. The molecule has 1 aromatic heterocycles. The zero-order valence-electron chi connectivity index (χ0n) is 13.0. The van der Waals surface area contributed by atoms with Crippen LogP contribution in [0.2, 0.25) is 0 Å². The summed E-state index contributed by atoms with van der Waals surface area (Å²) in [5.74, 6) is 0.160. The lowest BCUT2D eigenvalue weighted by Crippen LogP contribution is -2.40. The van der Waals surface area contributed by atoms with Gasteiger partial charge in [0, 0.05) is 41.3 Å². The van der Waals surface area contributed by atoms with Crippen molar-refractivity contribution in [1.82, 2.24) is 15.2 Å². The second kappa shape index (κ2) is 5.53. The van der Waals surface area contributed by atoms with Gasteiger partial charge in [0.2, 0.25) is 0 Å². The Hall–Kier alpha value is -1.81. The quantitative estimate of drug-likeness (QED) is 0.910. The third kappa shape index (κ3) is 2.44. The number of carbonyl (C=O) groups excluding carboxylic acids is 1. The van der Waals surface area contributed by atoms with Crippen molar-refractivity contribution in [2.75, 3.05) is 20.1 Å². The van der Waals surface area contributed by atoms with Crippen LogP contribution in [0.15, 0.2) is 18.2 Å². The molecule has 1 unspecified atom stereocenters. The Morgan fingerprint density at radius 2 is 2.24 bits per heavy atom. The van der Waals surface area contributed by atoms with Crippen LogP contribution in [0.25, 0.3) is 10.9 Å². The van der Waals surface area contributed by atoms with Crippen molar-refractivity contribution < 1.29 is 4.79 Å². The molecule has 4 heteroatoms. The fourth-order valence-electron chi connectivity index (χ4n) is 3.31. The normalized spacial score (nSPS) is 18.6. The van der Waals surface area contributed by atoms with Gasteiger partial charge < -0.3 is 15.2 Å². The molecule has 2 heterocycles. The van der Waals surface area contributed by atoms with E-state index in [0.717, 1.165) is 42.4 Å². The number of amides is 1. The SMILES string of the molecule is CNCC1CCCN1C(=O)c1ccc2[nH]c(C)c(C)c2c1. The summed E-state index contributed by atoms with van der Waals surface area (Å²) in [6, 6.07) is 6.32. The minimum atomic E-state index is 0.160. The number of hydrogen-bond donors (Lipinski definition) is 2. The topological polar surface area (TPSA) is 48.1 Å². The van der Waals surface area contributed by atoms with E-state index in [1.54, 1.807) is 0 Å². The average molecular weight is 285 g/mol. The molecular weight excluding hydrogens is 262 g/mol. The van der Waals surface area contributed by atoms with E-state index in [1.165, 1.54) is 11.3 Å². The predicted molar refractivity (Wildman–Crippen MR) is 85.8 cm³/mol. The fourth-order valence-corrected chi connectivity index (χ4v) is 3.31. The number of hydrogen-bond acceptors (Lipinski definition) is 2. The van der Waals surface area contributed by atoms with Gasteiger partial charge in [0.25, 0.3) is 5.91 Å². The Kier molecular flexibility index (Phi) is 3.72. The molecule has 3 rings (SSSR count). The molecule has 1 fully saturated rings. The van der Waals surface area contributed by atoms with Gasteiger partial charge >= 0.3 is 0 Å². The first-order chi connectivity index (χ1) is 10.1. The predicted octanol–water partition coefficient (Wildman–Crippen LogP) is 2.61. The Morgan fingerprint density at radius 3 is 3.00 bits per heavy atom. The third-order valence-electron chi connectivity index (χ3n) is 4.63. The van der Waals surface area contributed by atoms with Gasteiger partial charge in [-0.2, -0.15) is 0 Å². The van der Waals surface area contributed by atoms with Gasteiger partial charge in [0.15, 0.2) is 0 Å². The van der Waals surface area contributed by atoms with E-state index in [9.17, 15) is 4.79 Å². The monoisotopic (exact) mass is 285 g/mol. The number of aromatic amines is 1. The highest BCUT2D eigenvalue weighted by molar-refractivity contribution is 5.99. The largest absolute Gasteiger partial charge is 0.358 e. The molecule has 1 aliphatic rings. The van der Waals surface area contributed by atoms with Crippen LogP contribution in [-0.4, -0.2) is 42.0 Å². The minimum Gasteiger partial charge on any atom is -0.358 e. The van der Waals surface area contributed by atoms with Crippen LogP contribution in [0.5, 0.6) is 0 Å². The van der Waals surface area contributed by atoms with E-state index in [1.807, 2.05) is 30.1 Å². The van der Waals surface area contributed by atoms with Crippen molar-refractivity contribution in [1.29, 1.82) is 0 Å². The maximum absolute atomic E-state index is 12.8. The zero-order chi connectivity index (χ0) is 15.0. The number of H-pyrrole nitrogens is 1. The average Bonchev–Trinajstić information content (AvgIpc) is 3.04. The molecule has 2 N–H and O–H groups in total. The van der Waals surface area contributed by atoms with Crippen molar-refractivity contribution in [3.05, 3.63) is 35.0 Å². The third-order valence-corrected chi connectivity index (χ3v) is 4.63. The van der Waals surface area contributed by atoms with Gasteiger partial charge in [0.05, 0.1) is 0 Å². The number of rotatable bonds is 3. The van der Waals surface area contributed by atoms with Crippen LogP contribution in [0.4, 0.5) is 0 Å². The molecule has 0 bridgehead atoms. The molecule has 0 radical (unpaired) electrons. The summed E-state index contributed by atoms with van der Waals surface area (Å²) in [6.07, 6.45) is 2.19. The molecule has 112 valence electrons. The minimum absolute atomic E-state index is 0.160. The lowest BCUT2D eigenvalue weighted by Gasteiger charge is -2.24. The Morgan fingerprint density at radius 1 is 1.43 bits per heavy atom. The van der Waals surface area contributed by atoms with Gasteiger partial charge in [0.1, 0.15) is 0 Å². The van der Waals surface area contributed by atoms with E-state index in [0.29, 0.717) is 6.04 Å². The summed E-state index contributed by atoms with van der Waals surface area (Å²) in [5, 5.41) is 4.34. The highest BCUT2D eigenvalue weighted by atomic mass is 16.2. The zero-order valence-corrected chi connectivity index (χ0v) is 13.0. The van der Waals surface area contributed by atoms with Crippen molar-refractivity contribution in [3.8, 4) is 0 Å². The lowest BCUT2D eigenvalue weighted by molar-refractivity contribution is 0.0737. The molecule has 1 atom stereocenters. The van der Waals surface area contributed by atoms with Crippen molar-refractivity contribution in [2.45, 2.75) is 32.7 Å². The molecular formula is C17H23N3O. The number of aromatic nitrogens is 1. The van der Waals surface area contributed by atoms with Gasteiger partial charge in [-0.15, -0.1) is 0 Å². The number of benzene rings is 1. The van der Waals surface area contributed by atoms with Crippen LogP contribution in [0.1, 0.15) is 34.5 Å². The molecule has 21 heavy (non-hydrogen) atoms. The van der Waals surface area contributed by atoms with Crippen LogP contribution < -0.4 is 5.32 Å². The Bertz CT molecular complexity index is 674. The standard InChI is InChI=1S/C17H23N3O/c1-11-12(2)19-16-7-6-13(9-15(11)16)17(21)20-8-4-5-14(20)10-18-3/h6-7,9,14,18-19H,4-5,8,10H2,1-3H3. The van der Waals surface area contributed by atoms with Crippen LogP contribution >= 0.6 is 0 Å². The molecule has 1 saturated heterocycles. The lowest BCUT2D eigenvalue weighted by atomic mass is 10.1. The van der Waals surface area contributed by atoms with Crippen molar-refractivity contribution in [3.63, 3.8) is 0 Å². The number of nitrogens with zero attached hydrogens (tertiary/aromatic N) is 1. The summed E-state index contributed by atoms with van der Waals surface area (Å²) in [5.41, 5.74) is 4.30. The van der Waals surface area contributed by atoms with Gasteiger partial charge in [-0.25, -0.2) is 0 Å². The number of carbonyl (C=O) groups is 1. The Labute approximate surface area is 125 Å². The van der Waals surface area contributed by atoms with E-state index in [2.05, 4.69) is 24.1 Å². The van der Waals surface area contributed by atoms with Crippen LogP contribution in [0.3, 0.4) is 0 Å². The smallest absolute Gasteiger partial charge is 0.254 e. The maximum atomic E-state index is 12.8. The molecule has 1 aromatic carbocycles. The summed E-state index contributed by atoms with van der Waals surface area (Å²) >= 11 is 0. The van der Waals surface area contributed by atoms with E-state index in [4.69, 9.17) is 0 Å². The number of nitrogens with one attached hydrogen (secondary N) is 2. The van der Waals surface area contributed by atoms with E-state index < -0.39 is 0 Å². The summed E-state index contributed by atoms with van der Waals surface area (Å²) < 4.78 is 0. The number of aryl methyl sites for hydroxylation is 2. The van der Waals surface area contributed by atoms with Crippen LogP contribution in [-0.2, 0) is 0 Å². The van der Waals surface area contributed by atoms with Gasteiger partial charge in [-0.1, -0.05) is 0 Å². The maximum Gasteiger partial charge on any atom is 0.254 e. The first-order valence-corrected chi connectivity index (χ1v) is 7.66.